The summed E-state index contributed by atoms with van der Waals surface area (Å²) in [7, 11) is 1.57. The van der Waals surface area contributed by atoms with Crippen molar-refractivity contribution in [3.63, 3.8) is 0 Å². The van der Waals surface area contributed by atoms with Crippen LogP contribution in [0, 0.1) is 6.92 Å². The van der Waals surface area contributed by atoms with E-state index in [1.165, 1.54) is 4.57 Å². The van der Waals surface area contributed by atoms with Crippen LogP contribution in [0.4, 0.5) is 0 Å². The van der Waals surface area contributed by atoms with E-state index in [0.29, 0.717) is 53.8 Å². The molecule has 0 unspecified atom stereocenters. The van der Waals surface area contributed by atoms with Gasteiger partial charge in [-0.3, -0.25) is 14.2 Å². The number of rotatable bonds is 4. The molecule has 0 radical (unpaired) electrons. The standard InChI is InChI=1S/C22H21N3O6/c1-13-5-8-25(14-3-4-17-18(9-14)30-12-29-17)22(27)20(13)21(26)24-7-6-16-15(10-24)23-19(31-16)11-28-2/h3-5,8-9H,6-7,10-12H2,1-2H3. The van der Waals surface area contributed by atoms with Crippen LogP contribution in [0.2, 0.25) is 0 Å². The first kappa shape index (κ1) is 19.4. The maximum absolute atomic E-state index is 13.3. The van der Waals surface area contributed by atoms with E-state index in [9.17, 15) is 9.59 Å². The van der Waals surface area contributed by atoms with Gasteiger partial charge in [-0.1, -0.05) is 0 Å². The summed E-state index contributed by atoms with van der Waals surface area (Å²) in [6.07, 6.45) is 2.20. The minimum absolute atomic E-state index is 0.143. The molecule has 0 bridgehead atoms. The Bertz CT molecular complexity index is 1230. The van der Waals surface area contributed by atoms with Crippen molar-refractivity contribution in [3.8, 4) is 17.2 Å². The van der Waals surface area contributed by atoms with Crippen molar-refractivity contribution < 1.29 is 23.4 Å². The van der Waals surface area contributed by atoms with E-state index >= 15 is 0 Å². The molecule has 1 amide bonds. The van der Waals surface area contributed by atoms with Crippen molar-refractivity contribution in [1.29, 1.82) is 0 Å². The van der Waals surface area contributed by atoms with Crippen molar-refractivity contribution in [3.05, 3.63) is 69.3 Å². The molecule has 0 N–H and O–H groups in total. The summed E-state index contributed by atoms with van der Waals surface area (Å²) in [5, 5.41) is 0. The van der Waals surface area contributed by atoms with Crippen LogP contribution in [0.3, 0.4) is 0 Å². The van der Waals surface area contributed by atoms with Crippen molar-refractivity contribution in [2.75, 3.05) is 20.4 Å². The predicted octanol–water partition coefficient (Wildman–Crippen LogP) is 2.21. The van der Waals surface area contributed by atoms with Gasteiger partial charge in [-0.15, -0.1) is 0 Å². The largest absolute Gasteiger partial charge is 0.454 e. The highest BCUT2D eigenvalue weighted by Gasteiger charge is 2.29. The monoisotopic (exact) mass is 423 g/mol. The van der Waals surface area contributed by atoms with Gasteiger partial charge in [-0.25, -0.2) is 4.98 Å². The topological polar surface area (TPSA) is 96.0 Å². The van der Waals surface area contributed by atoms with Crippen molar-refractivity contribution in [2.24, 2.45) is 0 Å². The number of aromatic nitrogens is 2. The van der Waals surface area contributed by atoms with Gasteiger partial charge >= 0.3 is 0 Å². The van der Waals surface area contributed by atoms with Crippen molar-refractivity contribution in [1.82, 2.24) is 14.5 Å². The first-order valence-corrected chi connectivity index (χ1v) is 9.93. The highest BCUT2D eigenvalue weighted by atomic mass is 16.7. The van der Waals surface area contributed by atoms with Gasteiger partial charge in [0.1, 0.15) is 23.6 Å². The smallest absolute Gasteiger partial charge is 0.268 e. The van der Waals surface area contributed by atoms with Crippen LogP contribution in [0.5, 0.6) is 11.5 Å². The molecular formula is C22H21N3O6. The van der Waals surface area contributed by atoms with E-state index in [1.54, 1.807) is 49.4 Å². The van der Waals surface area contributed by atoms with Gasteiger partial charge in [-0.2, -0.15) is 0 Å². The van der Waals surface area contributed by atoms with E-state index in [4.69, 9.17) is 18.6 Å². The Balaban J connectivity index is 1.47. The van der Waals surface area contributed by atoms with Gasteiger partial charge < -0.3 is 23.5 Å². The Kier molecular flexibility index (Phi) is 4.74. The number of benzene rings is 1. The van der Waals surface area contributed by atoms with E-state index in [-0.39, 0.29) is 30.4 Å². The molecule has 3 aromatic rings. The van der Waals surface area contributed by atoms with Gasteiger partial charge in [0, 0.05) is 32.3 Å². The Morgan fingerprint density at radius 3 is 2.90 bits per heavy atom. The number of methoxy groups -OCH3 is 1. The number of hydrogen-bond acceptors (Lipinski definition) is 7. The van der Waals surface area contributed by atoms with Gasteiger partial charge in [0.05, 0.1) is 12.2 Å². The van der Waals surface area contributed by atoms with Crippen LogP contribution in [0.15, 0.2) is 39.7 Å². The molecule has 5 rings (SSSR count). The zero-order valence-electron chi connectivity index (χ0n) is 17.2. The summed E-state index contributed by atoms with van der Waals surface area (Å²) >= 11 is 0. The summed E-state index contributed by atoms with van der Waals surface area (Å²) < 4.78 is 22.9. The molecule has 2 aromatic heterocycles. The quantitative estimate of drug-likeness (QED) is 0.635. The second-order valence-electron chi connectivity index (χ2n) is 7.47. The number of hydrogen-bond donors (Lipinski definition) is 0. The molecule has 0 fully saturated rings. The van der Waals surface area contributed by atoms with Crippen LogP contribution >= 0.6 is 0 Å². The summed E-state index contributed by atoms with van der Waals surface area (Å²) in [4.78, 5) is 32.7. The number of aryl methyl sites for hydroxylation is 1. The van der Waals surface area contributed by atoms with Crippen LogP contribution < -0.4 is 15.0 Å². The molecule has 31 heavy (non-hydrogen) atoms. The lowest BCUT2D eigenvalue weighted by Crippen LogP contribution is -2.40. The van der Waals surface area contributed by atoms with Crippen molar-refractivity contribution >= 4 is 5.91 Å². The maximum atomic E-state index is 13.3. The lowest BCUT2D eigenvalue weighted by Gasteiger charge is -2.26. The number of carbonyl (C=O) groups is 1. The normalized spacial score (nSPS) is 14.6. The molecular weight excluding hydrogens is 402 g/mol. The number of nitrogens with zero attached hydrogens (tertiary/aromatic N) is 3. The molecule has 9 heteroatoms. The number of oxazole rings is 1. The van der Waals surface area contributed by atoms with E-state index in [0.717, 1.165) is 5.76 Å². The lowest BCUT2D eigenvalue weighted by atomic mass is 10.1. The second-order valence-corrected chi connectivity index (χ2v) is 7.47. The summed E-state index contributed by atoms with van der Waals surface area (Å²) in [5.41, 5.74) is 1.69. The average Bonchev–Trinajstić information content (AvgIpc) is 3.39. The third-order valence-electron chi connectivity index (χ3n) is 5.48. The third-order valence-corrected chi connectivity index (χ3v) is 5.48. The molecule has 4 heterocycles. The Hall–Kier alpha value is -3.59. The molecule has 0 spiro atoms. The lowest BCUT2D eigenvalue weighted by molar-refractivity contribution is 0.0724. The molecule has 1 aromatic carbocycles. The fourth-order valence-electron chi connectivity index (χ4n) is 3.89. The molecule has 0 saturated carbocycles. The average molecular weight is 423 g/mol. The predicted molar refractivity (Wildman–Crippen MR) is 109 cm³/mol. The molecule has 0 atom stereocenters. The highest BCUT2D eigenvalue weighted by molar-refractivity contribution is 5.95. The molecule has 2 aliphatic rings. The fourth-order valence-corrected chi connectivity index (χ4v) is 3.89. The minimum Gasteiger partial charge on any atom is -0.454 e. The minimum atomic E-state index is -0.380. The molecule has 0 saturated heterocycles. The van der Waals surface area contributed by atoms with Crippen LogP contribution in [-0.4, -0.2) is 40.8 Å². The van der Waals surface area contributed by atoms with Gasteiger partial charge in [0.2, 0.25) is 12.7 Å². The Morgan fingerprint density at radius 1 is 1.23 bits per heavy atom. The van der Waals surface area contributed by atoms with E-state index in [2.05, 4.69) is 4.98 Å². The first-order valence-electron chi connectivity index (χ1n) is 9.93. The van der Waals surface area contributed by atoms with E-state index in [1.807, 2.05) is 0 Å². The fraction of sp³-hybridized carbons (Fsp3) is 0.318. The number of fused-ring (bicyclic) bond motifs is 2. The molecule has 160 valence electrons. The van der Waals surface area contributed by atoms with Gasteiger partial charge in [-0.05, 0) is 30.7 Å². The number of amides is 1. The number of ether oxygens (including phenoxy) is 3. The second kappa shape index (κ2) is 7.59. The van der Waals surface area contributed by atoms with Gasteiger partial charge in [0.15, 0.2) is 11.5 Å². The number of pyridine rings is 1. The SMILES string of the molecule is COCc1nc2c(o1)CCN(C(=O)c1c(C)ccn(-c3ccc4c(c3)OCO4)c1=O)C2. The summed E-state index contributed by atoms with van der Waals surface area (Å²) in [5.74, 6) is 2.13. The maximum Gasteiger partial charge on any atom is 0.268 e. The third kappa shape index (κ3) is 3.36. The van der Waals surface area contributed by atoms with E-state index < -0.39 is 0 Å². The van der Waals surface area contributed by atoms with Gasteiger partial charge in [0.25, 0.3) is 11.5 Å². The zero-order valence-corrected chi connectivity index (χ0v) is 17.2. The van der Waals surface area contributed by atoms with Crippen LogP contribution in [0.1, 0.15) is 33.3 Å². The van der Waals surface area contributed by atoms with Crippen LogP contribution in [0.25, 0.3) is 5.69 Å². The molecule has 9 nitrogen and oxygen atoms in total. The summed E-state index contributed by atoms with van der Waals surface area (Å²) in [6, 6.07) is 7.01. The van der Waals surface area contributed by atoms with Crippen LogP contribution in [-0.2, 0) is 24.3 Å². The van der Waals surface area contributed by atoms with Crippen molar-refractivity contribution in [2.45, 2.75) is 26.5 Å². The Morgan fingerprint density at radius 2 is 2.06 bits per heavy atom. The first-order chi connectivity index (χ1) is 15.0. The molecule has 2 aliphatic heterocycles. The zero-order chi connectivity index (χ0) is 21.5. The highest BCUT2D eigenvalue weighted by Crippen LogP contribution is 2.33. The molecule has 0 aliphatic carbocycles. The summed E-state index contributed by atoms with van der Waals surface area (Å²) in [6.45, 7) is 2.93. The number of carbonyl (C=O) groups excluding carboxylic acids is 1. The Labute approximate surface area is 177 Å².